The van der Waals surface area contributed by atoms with E-state index in [0.717, 1.165) is 24.9 Å². The molecule has 2 rings (SSSR count). The third kappa shape index (κ3) is 1.68. The molecule has 2 aromatic rings. The van der Waals surface area contributed by atoms with Gasteiger partial charge in [0.15, 0.2) is 0 Å². The lowest BCUT2D eigenvalue weighted by Crippen LogP contribution is -1.68. The Hall–Kier alpha value is 0.110. The third-order valence-electron chi connectivity index (χ3n) is 1.79. The lowest BCUT2D eigenvalue weighted by Gasteiger charge is -1.95. The van der Waals surface area contributed by atoms with Crippen LogP contribution in [0.3, 0.4) is 0 Å². The first kappa shape index (κ1) is 9.66. The fourth-order valence-electron chi connectivity index (χ4n) is 1.19. The van der Waals surface area contributed by atoms with Crippen molar-refractivity contribution in [2.45, 2.75) is 10.8 Å². The van der Waals surface area contributed by atoms with E-state index in [0.29, 0.717) is 5.88 Å². The normalized spacial score (nSPS) is 11.0. The molecule has 0 N–H and O–H groups in total. The summed E-state index contributed by atoms with van der Waals surface area (Å²) in [5.41, 5.74) is 0. The molecule has 0 saturated heterocycles. The first-order chi connectivity index (χ1) is 6.22. The van der Waals surface area contributed by atoms with Gasteiger partial charge >= 0.3 is 0 Å². The van der Waals surface area contributed by atoms with Crippen molar-refractivity contribution in [3.8, 4) is 0 Å². The fraction of sp³-hybridized carbons (Fsp3) is 0.111. The van der Waals surface area contributed by atoms with Crippen LogP contribution in [0.5, 0.6) is 0 Å². The highest BCUT2D eigenvalue weighted by atomic mass is 35.5. The van der Waals surface area contributed by atoms with E-state index in [-0.39, 0.29) is 0 Å². The number of hydrogen-bond acceptors (Lipinski definition) is 2. The van der Waals surface area contributed by atoms with Crippen LogP contribution in [0.15, 0.2) is 23.1 Å². The van der Waals surface area contributed by atoms with Gasteiger partial charge in [-0.05, 0) is 18.2 Å². The predicted octanol–water partition coefficient (Wildman–Crippen LogP) is 4.58. The van der Waals surface area contributed by atoms with Crippen LogP contribution in [0.2, 0.25) is 5.02 Å². The second-order valence-electron chi connectivity index (χ2n) is 2.66. The Labute approximate surface area is 95.9 Å². The minimum Gasteiger partial charge on any atom is -0.142 e. The summed E-state index contributed by atoms with van der Waals surface area (Å²) in [6.07, 6.45) is 0. The van der Waals surface area contributed by atoms with Crippen molar-refractivity contribution >= 4 is 57.3 Å². The Morgan fingerprint density at radius 3 is 2.77 bits per heavy atom. The molecule has 0 saturated carbocycles. The summed E-state index contributed by atoms with van der Waals surface area (Å²) in [6.45, 7) is 0. The molecule has 0 aliphatic rings. The quantitative estimate of drug-likeness (QED) is 0.555. The van der Waals surface area contributed by atoms with Crippen LogP contribution in [0, 0.1) is 0 Å². The number of hydrogen-bond donors (Lipinski definition) is 1. The summed E-state index contributed by atoms with van der Waals surface area (Å²) in [5, 5.41) is 1.82. The van der Waals surface area contributed by atoms with E-state index in [2.05, 4.69) is 12.6 Å². The molecular formula is C9H6Cl2S2. The molecule has 1 aromatic carbocycles. The fourth-order valence-corrected chi connectivity index (χ4v) is 2.98. The van der Waals surface area contributed by atoms with Crippen LogP contribution < -0.4 is 0 Å². The molecule has 0 aliphatic carbocycles. The molecule has 1 heterocycles. The highest BCUT2D eigenvalue weighted by Crippen LogP contribution is 2.35. The average molecular weight is 249 g/mol. The summed E-state index contributed by atoms with van der Waals surface area (Å²) in [4.78, 5) is 2.08. The molecular weight excluding hydrogens is 243 g/mol. The lowest BCUT2D eigenvalue weighted by atomic mass is 10.2. The number of rotatable bonds is 1. The van der Waals surface area contributed by atoms with Gasteiger partial charge in [-0.15, -0.1) is 35.6 Å². The van der Waals surface area contributed by atoms with E-state index in [1.165, 1.54) is 0 Å². The summed E-state index contributed by atoms with van der Waals surface area (Å²) >= 11 is 17.8. The molecule has 68 valence electrons. The lowest BCUT2D eigenvalue weighted by molar-refractivity contribution is 1.54. The van der Waals surface area contributed by atoms with Gasteiger partial charge in [-0.2, -0.15) is 0 Å². The number of halogens is 2. The maximum atomic E-state index is 6.03. The Morgan fingerprint density at radius 2 is 2.15 bits per heavy atom. The molecule has 0 atom stereocenters. The second kappa shape index (κ2) is 3.70. The van der Waals surface area contributed by atoms with E-state index < -0.39 is 0 Å². The minimum absolute atomic E-state index is 0.531. The highest BCUT2D eigenvalue weighted by molar-refractivity contribution is 7.80. The van der Waals surface area contributed by atoms with Gasteiger partial charge in [0.2, 0.25) is 0 Å². The van der Waals surface area contributed by atoms with E-state index in [1.54, 1.807) is 11.3 Å². The Bertz CT molecular complexity index is 409. The number of alkyl halides is 1. The first-order valence-electron chi connectivity index (χ1n) is 3.68. The summed E-state index contributed by atoms with van der Waals surface area (Å²) < 4.78 is 1.12. The van der Waals surface area contributed by atoms with E-state index in [9.17, 15) is 0 Å². The minimum atomic E-state index is 0.531. The molecule has 0 radical (unpaired) electrons. The van der Waals surface area contributed by atoms with Crippen molar-refractivity contribution in [2.24, 2.45) is 0 Å². The molecule has 0 fully saturated rings. The Kier molecular flexibility index (Phi) is 2.75. The van der Waals surface area contributed by atoms with Crippen LogP contribution in [0.1, 0.15) is 4.88 Å². The molecule has 13 heavy (non-hydrogen) atoms. The molecule has 4 heteroatoms. The third-order valence-corrected chi connectivity index (χ3v) is 4.26. The number of thiol groups is 1. The second-order valence-corrected chi connectivity index (χ2v) is 4.95. The van der Waals surface area contributed by atoms with Crippen LogP contribution in [-0.4, -0.2) is 0 Å². The number of fused-ring (bicyclic) bond motifs is 1. The number of benzene rings is 1. The molecule has 0 nitrogen and oxygen atoms in total. The van der Waals surface area contributed by atoms with Gasteiger partial charge in [0, 0.05) is 24.9 Å². The van der Waals surface area contributed by atoms with Crippen LogP contribution in [0.25, 0.3) is 10.1 Å². The zero-order valence-corrected chi connectivity index (χ0v) is 9.77. The van der Waals surface area contributed by atoms with E-state index in [4.69, 9.17) is 23.2 Å². The standard InChI is InChI=1S/C9H6Cl2S2/c10-4-5-3-6-7(11)1-2-8(12)9(6)13-5/h1-3,12H,4H2. The van der Waals surface area contributed by atoms with Gasteiger partial charge < -0.3 is 0 Å². The molecule has 1 aromatic heterocycles. The van der Waals surface area contributed by atoms with E-state index in [1.807, 2.05) is 18.2 Å². The van der Waals surface area contributed by atoms with Crippen molar-refractivity contribution in [3.05, 3.63) is 28.1 Å². The largest absolute Gasteiger partial charge is 0.142 e. The van der Waals surface area contributed by atoms with Gasteiger partial charge in [-0.3, -0.25) is 0 Å². The Balaban J connectivity index is 2.80. The van der Waals surface area contributed by atoms with Crippen molar-refractivity contribution in [2.75, 3.05) is 0 Å². The van der Waals surface area contributed by atoms with Crippen molar-refractivity contribution in [3.63, 3.8) is 0 Å². The van der Waals surface area contributed by atoms with Gasteiger partial charge in [-0.25, -0.2) is 0 Å². The van der Waals surface area contributed by atoms with Gasteiger partial charge in [0.1, 0.15) is 0 Å². The van der Waals surface area contributed by atoms with Crippen molar-refractivity contribution in [1.82, 2.24) is 0 Å². The topological polar surface area (TPSA) is 0 Å². The maximum absolute atomic E-state index is 6.03. The molecule has 0 aliphatic heterocycles. The molecule has 0 bridgehead atoms. The van der Waals surface area contributed by atoms with Crippen molar-refractivity contribution in [1.29, 1.82) is 0 Å². The smallest absolute Gasteiger partial charge is 0.0568 e. The van der Waals surface area contributed by atoms with Gasteiger partial charge in [0.25, 0.3) is 0 Å². The Morgan fingerprint density at radius 1 is 1.38 bits per heavy atom. The molecule has 0 unspecified atom stereocenters. The SMILES string of the molecule is Sc1ccc(Cl)c2cc(CCl)sc12. The zero-order chi connectivity index (χ0) is 9.42. The first-order valence-corrected chi connectivity index (χ1v) is 5.86. The highest BCUT2D eigenvalue weighted by Gasteiger charge is 2.06. The average Bonchev–Trinajstić information content (AvgIpc) is 2.56. The monoisotopic (exact) mass is 248 g/mol. The van der Waals surface area contributed by atoms with Gasteiger partial charge in [0.05, 0.1) is 5.88 Å². The van der Waals surface area contributed by atoms with Gasteiger partial charge in [-0.1, -0.05) is 11.6 Å². The summed E-state index contributed by atoms with van der Waals surface area (Å²) in [7, 11) is 0. The summed E-state index contributed by atoms with van der Waals surface area (Å²) in [5.74, 6) is 0.531. The van der Waals surface area contributed by atoms with Crippen LogP contribution in [-0.2, 0) is 5.88 Å². The van der Waals surface area contributed by atoms with Crippen LogP contribution in [0.4, 0.5) is 0 Å². The molecule has 0 spiro atoms. The summed E-state index contributed by atoms with van der Waals surface area (Å²) in [6, 6.07) is 5.79. The van der Waals surface area contributed by atoms with E-state index >= 15 is 0 Å². The maximum Gasteiger partial charge on any atom is 0.0568 e. The molecule has 0 amide bonds. The number of thiophene rings is 1. The zero-order valence-electron chi connectivity index (χ0n) is 6.55. The van der Waals surface area contributed by atoms with Crippen LogP contribution >= 0.6 is 47.2 Å². The van der Waals surface area contributed by atoms with Crippen molar-refractivity contribution < 1.29 is 0 Å². The predicted molar refractivity (Wildman–Crippen MR) is 63.6 cm³/mol.